The van der Waals surface area contributed by atoms with Gasteiger partial charge >= 0.3 is 0 Å². The first-order valence-corrected chi connectivity index (χ1v) is 5.58. The Morgan fingerprint density at radius 3 is 2.29 bits per heavy atom. The lowest BCUT2D eigenvalue weighted by molar-refractivity contribution is -0.384. The number of halogens is 1. The minimum atomic E-state index is -0.528. The van der Waals surface area contributed by atoms with E-state index in [1.54, 1.807) is 0 Å². The summed E-state index contributed by atoms with van der Waals surface area (Å²) < 4.78 is 12.3. The number of hydrogen-bond donors (Lipinski definition) is 3. The standard InChI is InChI=1S/C7H5FO2.C6H7N3O2/c8-6-1-2-7(10)5(3-6)4-9;7-5-2-1-4(9(10)11)3-6(5)8/h1-4,10H;1-3H,7-8H2. The summed E-state index contributed by atoms with van der Waals surface area (Å²) in [6, 6.07) is 7.15. The first-order valence-electron chi connectivity index (χ1n) is 5.58. The fourth-order valence-corrected chi connectivity index (χ4v) is 1.30. The Morgan fingerprint density at radius 1 is 1.14 bits per heavy atom. The van der Waals surface area contributed by atoms with Crippen LogP contribution < -0.4 is 11.5 Å². The molecule has 2 aromatic carbocycles. The largest absolute Gasteiger partial charge is 0.507 e. The number of nitrogens with two attached hydrogens (primary N) is 2. The molecule has 5 N–H and O–H groups in total. The maximum Gasteiger partial charge on any atom is 0.271 e. The van der Waals surface area contributed by atoms with Crippen molar-refractivity contribution in [2.24, 2.45) is 0 Å². The molecule has 0 saturated heterocycles. The predicted octanol–water partition coefficient (Wildman–Crippen LogP) is 2.10. The normalized spacial score (nSPS) is 9.38. The van der Waals surface area contributed by atoms with Gasteiger partial charge in [-0.05, 0) is 24.3 Å². The second kappa shape index (κ2) is 6.85. The molecule has 2 rings (SSSR count). The van der Waals surface area contributed by atoms with Crippen LogP contribution in [0, 0.1) is 15.9 Å². The minimum Gasteiger partial charge on any atom is -0.507 e. The maximum atomic E-state index is 12.3. The number of nitro groups is 1. The Balaban J connectivity index is 0.000000211. The summed E-state index contributed by atoms with van der Waals surface area (Å²) in [5.74, 6) is -0.726. The number of nitrogen functional groups attached to an aromatic ring is 2. The molecule has 0 radical (unpaired) electrons. The molecule has 0 amide bonds. The van der Waals surface area contributed by atoms with Gasteiger partial charge in [0.05, 0.1) is 21.9 Å². The number of rotatable bonds is 2. The molecule has 0 bridgehead atoms. The fraction of sp³-hybridized carbons (Fsp3) is 0. The molecule has 2 aromatic rings. The summed E-state index contributed by atoms with van der Waals surface area (Å²) in [6.07, 6.45) is 0.401. The lowest BCUT2D eigenvalue weighted by atomic mass is 10.2. The number of anilines is 2. The van der Waals surface area contributed by atoms with Crippen molar-refractivity contribution in [1.82, 2.24) is 0 Å². The van der Waals surface area contributed by atoms with Crippen LogP contribution in [0.2, 0.25) is 0 Å². The van der Waals surface area contributed by atoms with Crippen molar-refractivity contribution in [3.63, 3.8) is 0 Å². The zero-order valence-corrected chi connectivity index (χ0v) is 10.7. The number of phenolic OH excluding ortho intramolecular Hbond substituents is 1. The van der Waals surface area contributed by atoms with Gasteiger partial charge in [-0.1, -0.05) is 0 Å². The van der Waals surface area contributed by atoms with Gasteiger partial charge in [-0.25, -0.2) is 4.39 Å². The van der Waals surface area contributed by atoms with Gasteiger partial charge in [-0.2, -0.15) is 0 Å². The van der Waals surface area contributed by atoms with Crippen LogP contribution in [0.25, 0.3) is 0 Å². The molecular weight excluding hydrogens is 281 g/mol. The number of aldehydes is 1. The van der Waals surface area contributed by atoms with E-state index in [0.717, 1.165) is 18.2 Å². The fourth-order valence-electron chi connectivity index (χ4n) is 1.30. The second-order valence-electron chi connectivity index (χ2n) is 3.89. The number of benzene rings is 2. The first-order chi connectivity index (χ1) is 9.85. The predicted molar refractivity (Wildman–Crippen MR) is 75.4 cm³/mol. The molecule has 0 heterocycles. The van der Waals surface area contributed by atoms with Crippen LogP contribution in [0.4, 0.5) is 21.5 Å². The summed E-state index contributed by atoms with van der Waals surface area (Å²) in [5.41, 5.74) is 11.2. The third kappa shape index (κ3) is 4.46. The Morgan fingerprint density at radius 2 is 1.81 bits per heavy atom. The van der Waals surface area contributed by atoms with Crippen molar-refractivity contribution in [2.45, 2.75) is 0 Å². The summed E-state index contributed by atoms with van der Waals surface area (Å²) in [5, 5.41) is 19.0. The molecule has 0 aliphatic carbocycles. The van der Waals surface area contributed by atoms with Crippen LogP contribution in [0.1, 0.15) is 10.4 Å². The van der Waals surface area contributed by atoms with Crippen LogP contribution in [-0.2, 0) is 0 Å². The molecule has 0 aliphatic rings. The summed E-state index contributed by atoms with van der Waals surface area (Å²) in [6.45, 7) is 0. The smallest absolute Gasteiger partial charge is 0.271 e. The van der Waals surface area contributed by atoms with Gasteiger partial charge in [0.1, 0.15) is 11.6 Å². The van der Waals surface area contributed by atoms with E-state index < -0.39 is 10.7 Å². The van der Waals surface area contributed by atoms with Crippen molar-refractivity contribution in [2.75, 3.05) is 11.5 Å². The lowest BCUT2D eigenvalue weighted by Gasteiger charge is -1.97. The van der Waals surface area contributed by atoms with Gasteiger partial charge in [0.25, 0.3) is 5.69 Å². The Hall–Kier alpha value is -3.16. The SMILES string of the molecule is Nc1ccc([N+](=O)[O-])cc1N.O=Cc1cc(F)ccc1O. The Labute approximate surface area is 118 Å². The molecule has 0 saturated carbocycles. The van der Waals surface area contributed by atoms with Crippen LogP contribution >= 0.6 is 0 Å². The average molecular weight is 293 g/mol. The number of carbonyl (C=O) groups excluding carboxylic acids is 1. The zero-order valence-electron chi connectivity index (χ0n) is 10.7. The van der Waals surface area contributed by atoms with E-state index in [1.165, 1.54) is 18.2 Å². The van der Waals surface area contributed by atoms with Crippen molar-refractivity contribution in [3.05, 3.63) is 57.9 Å². The van der Waals surface area contributed by atoms with Gasteiger partial charge in [0.2, 0.25) is 0 Å². The number of hydrogen-bond acceptors (Lipinski definition) is 6. The third-order valence-corrected chi connectivity index (χ3v) is 2.40. The molecule has 21 heavy (non-hydrogen) atoms. The number of phenols is 1. The molecule has 110 valence electrons. The van der Waals surface area contributed by atoms with Crippen molar-refractivity contribution < 1.29 is 19.2 Å². The number of non-ortho nitro benzene ring substituents is 1. The molecule has 0 unspecified atom stereocenters. The van der Waals surface area contributed by atoms with Gasteiger partial charge in [0, 0.05) is 12.1 Å². The van der Waals surface area contributed by atoms with E-state index in [0.29, 0.717) is 12.0 Å². The molecular formula is C13H12FN3O4. The highest BCUT2D eigenvalue weighted by atomic mass is 19.1. The van der Waals surface area contributed by atoms with E-state index in [9.17, 15) is 19.3 Å². The summed E-state index contributed by atoms with van der Waals surface area (Å²) in [4.78, 5) is 19.7. The first kappa shape index (κ1) is 15.9. The quantitative estimate of drug-likeness (QED) is 0.336. The van der Waals surface area contributed by atoms with Crippen LogP contribution in [0.3, 0.4) is 0 Å². The minimum absolute atomic E-state index is 0.0278. The summed E-state index contributed by atoms with van der Waals surface area (Å²) >= 11 is 0. The van der Waals surface area contributed by atoms with Crippen LogP contribution in [0.5, 0.6) is 5.75 Å². The van der Waals surface area contributed by atoms with Crippen molar-refractivity contribution >= 4 is 23.3 Å². The monoisotopic (exact) mass is 293 g/mol. The van der Waals surface area contributed by atoms with Gasteiger partial charge in [-0.3, -0.25) is 14.9 Å². The Kier molecular flexibility index (Phi) is 5.18. The van der Waals surface area contributed by atoms with E-state index >= 15 is 0 Å². The molecule has 0 fully saturated rings. The van der Waals surface area contributed by atoms with Gasteiger partial charge in [0.15, 0.2) is 6.29 Å². The maximum absolute atomic E-state index is 12.3. The lowest BCUT2D eigenvalue weighted by Crippen LogP contribution is -1.96. The van der Waals surface area contributed by atoms with E-state index in [4.69, 9.17) is 16.6 Å². The number of aromatic hydroxyl groups is 1. The van der Waals surface area contributed by atoms with Crippen LogP contribution in [0.15, 0.2) is 36.4 Å². The molecule has 0 atom stereocenters. The van der Waals surface area contributed by atoms with E-state index in [-0.39, 0.29) is 22.7 Å². The van der Waals surface area contributed by atoms with Gasteiger partial charge in [-0.15, -0.1) is 0 Å². The molecule has 0 spiro atoms. The topological polar surface area (TPSA) is 132 Å². The zero-order chi connectivity index (χ0) is 16.0. The highest BCUT2D eigenvalue weighted by Crippen LogP contribution is 2.20. The molecule has 0 aliphatic heterocycles. The number of carbonyl (C=O) groups is 1. The van der Waals surface area contributed by atoms with E-state index in [1.807, 2.05) is 0 Å². The highest BCUT2D eigenvalue weighted by molar-refractivity contribution is 5.78. The second-order valence-corrected chi connectivity index (χ2v) is 3.89. The Bertz CT molecular complexity index is 676. The molecule has 7 nitrogen and oxygen atoms in total. The highest BCUT2D eigenvalue weighted by Gasteiger charge is 2.05. The number of nitrogens with zero attached hydrogens (tertiary/aromatic N) is 1. The van der Waals surface area contributed by atoms with E-state index in [2.05, 4.69) is 0 Å². The van der Waals surface area contributed by atoms with Crippen molar-refractivity contribution in [3.8, 4) is 5.75 Å². The van der Waals surface area contributed by atoms with Crippen molar-refractivity contribution in [1.29, 1.82) is 0 Å². The number of nitro benzene ring substituents is 1. The van der Waals surface area contributed by atoms with Crippen LogP contribution in [-0.4, -0.2) is 16.3 Å². The summed E-state index contributed by atoms with van der Waals surface area (Å²) in [7, 11) is 0. The van der Waals surface area contributed by atoms with Gasteiger partial charge < -0.3 is 16.6 Å². The molecule has 0 aromatic heterocycles. The third-order valence-electron chi connectivity index (χ3n) is 2.40. The molecule has 8 heteroatoms. The average Bonchev–Trinajstić information content (AvgIpc) is 2.45.